The molecule has 1 fully saturated rings. The molecular formula is C15H26Cl3N3. The monoisotopic (exact) mass is 353 g/mol. The van der Waals surface area contributed by atoms with Gasteiger partial charge in [0.15, 0.2) is 0 Å². The van der Waals surface area contributed by atoms with E-state index in [1.54, 1.807) is 0 Å². The summed E-state index contributed by atoms with van der Waals surface area (Å²) in [6.07, 6.45) is 1.18. The zero-order chi connectivity index (χ0) is 12.4. The van der Waals surface area contributed by atoms with Gasteiger partial charge in [-0.2, -0.15) is 0 Å². The first-order chi connectivity index (χ1) is 8.81. The van der Waals surface area contributed by atoms with Gasteiger partial charge in [0.2, 0.25) is 0 Å². The average molecular weight is 355 g/mol. The van der Waals surface area contributed by atoms with E-state index in [9.17, 15) is 0 Å². The molecule has 0 bridgehead atoms. The van der Waals surface area contributed by atoms with Gasteiger partial charge in [-0.15, -0.1) is 37.2 Å². The second-order valence-corrected chi connectivity index (χ2v) is 5.65. The molecule has 1 aromatic rings. The summed E-state index contributed by atoms with van der Waals surface area (Å²) in [6, 6.07) is 9.46. The number of hydrogen-bond acceptors (Lipinski definition) is 3. The van der Waals surface area contributed by atoms with Gasteiger partial charge in [-0.05, 0) is 24.6 Å². The predicted molar refractivity (Wildman–Crippen MR) is 96.5 cm³/mol. The van der Waals surface area contributed by atoms with E-state index in [4.69, 9.17) is 0 Å². The molecule has 0 saturated carbocycles. The van der Waals surface area contributed by atoms with Crippen molar-refractivity contribution in [2.75, 3.05) is 39.8 Å². The van der Waals surface area contributed by atoms with Gasteiger partial charge in [0, 0.05) is 45.3 Å². The van der Waals surface area contributed by atoms with Crippen LogP contribution in [0.4, 0.5) is 0 Å². The number of halogens is 3. The van der Waals surface area contributed by atoms with Gasteiger partial charge in [-0.3, -0.25) is 4.90 Å². The number of nitrogens with one attached hydrogen (secondary N) is 1. The maximum Gasteiger partial charge on any atom is 0.0238 e. The van der Waals surface area contributed by atoms with Crippen LogP contribution in [0.5, 0.6) is 0 Å². The third-order valence-electron chi connectivity index (χ3n) is 4.24. The first kappa shape index (κ1) is 21.0. The number of hydrogen-bond donors (Lipinski definition) is 1. The Morgan fingerprint density at radius 3 is 2.29 bits per heavy atom. The fraction of sp³-hybridized carbons (Fsp3) is 0.600. The van der Waals surface area contributed by atoms with Crippen molar-refractivity contribution in [2.24, 2.45) is 0 Å². The van der Waals surface area contributed by atoms with Crippen LogP contribution >= 0.6 is 37.2 Å². The van der Waals surface area contributed by atoms with Gasteiger partial charge in [-0.25, -0.2) is 0 Å². The highest BCUT2D eigenvalue weighted by atomic mass is 35.5. The van der Waals surface area contributed by atoms with Gasteiger partial charge < -0.3 is 10.2 Å². The Labute approximate surface area is 146 Å². The van der Waals surface area contributed by atoms with Crippen molar-refractivity contribution in [3.63, 3.8) is 0 Å². The van der Waals surface area contributed by atoms with Gasteiger partial charge in [0.25, 0.3) is 0 Å². The third-order valence-corrected chi connectivity index (χ3v) is 4.24. The van der Waals surface area contributed by atoms with Gasteiger partial charge in [-0.1, -0.05) is 24.3 Å². The molecule has 1 atom stereocenters. The van der Waals surface area contributed by atoms with Gasteiger partial charge >= 0.3 is 0 Å². The van der Waals surface area contributed by atoms with Crippen LogP contribution in [0.2, 0.25) is 0 Å². The molecule has 2 aliphatic rings. The molecular weight excluding hydrogens is 329 g/mol. The summed E-state index contributed by atoms with van der Waals surface area (Å²) >= 11 is 0. The Kier molecular flexibility index (Phi) is 9.87. The van der Waals surface area contributed by atoms with Crippen LogP contribution in [0.1, 0.15) is 11.1 Å². The standard InChI is InChI=1S/C15H23N3.3ClH/c1-17-6-8-18(9-7-17)12-15-10-13-4-2-3-5-14(13)11-16-15;;;/h2-5,15-16H,6-12H2,1H3;3*1H/t15-;;;/m0.../s1. The molecule has 0 amide bonds. The summed E-state index contributed by atoms with van der Waals surface area (Å²) in [5.74, 6) is 0. The Bertz CT molecular complexity index is 409. The second kappa shape index (κ2) is 9.88. The molecule has 0 radical (unpaired) electrons. The van der Waals surface area contributed by atoms with E-state index in [0.29, 0.717) is 6.04 Å². The summed E-state index contributed by atoms with van der Waals surface area (Å²) in [5.41, 5.74) is 3.02. The summed E-state index contributed by atoms with van der Waals surface area (Å²) in [5, 5.41) is 3.68. The zero-order valence-corrected chi connectivity index (χ0v) is 14.9. The highest BCUT2D eigenvalue weighted by molar-refractivity contribution is 5.86. The minimum absolute atomic E-state index is 0. The summed E-state index contributed by atoms with van der Waals surface area (Å²) in [6.45, 7) is 7.09. The van der Waals surface area contributed by atoms with Crippen LogP contribution in [-0.4, -0.2) is 55.6 Å². The quantitative estimate of drug-likeness (QED) is 0.878. The molecule has 0 aliphatic carbocycles. The van der Waals surface area contributed by atoms with Crippen LogP contribution in [0, 0.1) is 0 Å². The highest BCUT2D eigenvalue weighted by Gasteiger charge is 2.21. The number of fused-ring (bicyclic) bond motifs is 1. The lowest BCUT2D eigenvalue weighted by atomic mass is 9.95. The molecule has 0 spiro atoms. The molecule has 0 unspecified atom stereocenters. The highest BCUT2D eigenvalue weighted by Crippen LogP contribution is 2.17. The van der Waals surface area contributed by atoms with Crippen molar-refractivity contribution in [3.05, 3.63) is 35.4 Å². The smallest absolute Gasteiger partial charge is 0.0238 e. The van der Waals surface area contributed by atoms with Crippen LogP contribution in [0.3, 0.4) is 0 Å². The van der Waals surface area contributed by atoms with Crippen molar-refractivity contribution >= 4 is 37.2 Å². The second-order valence-electron chi connectivity index (χ2n) is 5.65. The van der Waals surface area contributed by atoms with Crippen LogP contribution in [0.15, 0.2) is 24.3 Å². The Hall–Kier alpha value is -0.0300. The third kappa shape index (κ3) is 5.59. The molecule has 21 heavy (non-hydrogen) atoms. The number of piperazine rings is 1. The molecule has 0 aromatic heterocycles. The number of benzene rings is 1. The normalized spacial score (nSPS) is 22.2. The first-order valence-corrected chi connectivity index (χ1v) is 7.02. The van der Waals surface area contributed by atoms with E-state index in [1.807, 2.05) is 0 Å². The largest absolute Gasteiger partial charge is 0.308 e. The molecule has 2 heterocycles. The Morgan fingerprint density at radius 2 is 1.62 bits per heavy atom. The van der Waals surface area contributed by atoms with Crippen molar-refractivity contribution < 1.29 is 0 Å². The van der Waals surface area contributed by atoms with E-state index in [2.05, 4.69) is 46.4 Å². The number of rotatable bonds is 2. The molecule has 6 heteroatoms. The minimum atomic E-state index is 0. The van der Waals surface area contributed by atoms with Crippen molar-refractivity contribution in [3.8, 4) is 0 Å². The van der Waals surface area contributed by atoms with Crippen molar-refractivity contribution in [1.82, 2.24) is 15.1 Å². The Morgan fingerprint density at radius 1 is 1.00 bits per heavy atom. The Balaban J connectivity index is 0.00000133. The van der Waals surface area contributed by atoms with E-state index in [-0.39, 0.29) is 37.2 Å². The molecule has 3 rings (SSSR count). The number of likely N-dealkylation sites (N-methyl/N-ethyl adjacent to an activating group) is 1. The maximum atomic E-state index is 3.68. The van der Waals surface area contributed by atoms with Crippen LogP contribution < -0.4 is 5.32 Å². The number of nitrogens with zero attached hydrogens (tertiary/aromatic N) is 2. The van der Waals surface area contributed by atoms with E-state index >= 15 is 0 Å². The van der Waals surface area contributed by atoms with E-state index in [0.717, 1.165) is 6.54 Å². The van der Waals surface area contributed by atoms with Crippen molar-refractivity contribution in [1.29, 1.82) is 0 Å². The molecule has 1 aromatic carbocycles. The summed E-state index contributed by atoms with van der Waals surface area (Å²) in [7, 11) is 2.21. The average Bonchev–Trinajstić information content (AvgIpc) is 2.41. The minimum Gasteiger partial charge on any atom is -0.308 e. The van der Waals surface area contributed by atoms with Crippen LogP contribution in [0.25, 0.3) is 0 Å². The summed E-state index contributed by atoms with van der Waals surface area (Å²) < 4.78 is 0. The predicted octanol–water partition coefficient (Wildman–Crippen LogP) is 2.21. The van der Waals surface area contributed by atoms with E-state index < -0.39 is 0 Å². The van der Waals surface area contributed by atoms with Gasteiger partial charge in [0.1, 0.15) is 0 Å². The van der Waals surface area contributed by atoms with Crippen molar-refractivity contribution in [2.45, 2.75) is 19.0 Å². The molecule has 122 valence electrons. The lowest BCUT2D eigenvalue weighted by Crippen LogP contribution is -2.51. The van der Waals surface area contributed by atoms with Gasteiger partial charge in [0.05, 0.1) is 0 Å². The van der Waals surface area contributed by atoms with Crippen LogP contribution in [-0.2, 0) is 13.0 Å². The summed E-state index contributed by atoms with van der Waals surface area (Å²) in [4.78, 5) is 5.02. The maximum absolute atomic E-state index is 3.68. The fourth-order valence-electron chi connectivity index (χ4n) is 2.99. The molecule has 1 saturated heterocycles. The SMILES string of the molecule is CN1CCN(C[C@@H]2Cc3ccccc3CN2)CC1.Cl.Cl.Cl. The fourth-order valence-corrected chi connectivity index (χ4v) is 2.99. The molecule has 2 aliphatic heterocycles. The topological polar surface area (TPSA) is 18.5 Å². The lowest BCUT2D eigenvalue weighted by Gasteiger charge is -2.36. The van der Waals surface area contributed by atoms with E-state index in [1.165, 1.54) is 50.3 Å². The first-order valence-electron chi connectivity index (χ1n) is 7.02. The molecule has 1 N–H and O–H groups in total. The lowest BCUT2D eigenvalue weighted by molar-refractivity contribution is 0.140. The zero-order valence-electron chi connectivity index (χ0n) is 12.5. The molecule has 3 nitrogen and oxygen atoms in total.